The second kappa shape index (κ2) is 11.6. The van der Waals surface area contributed by atoms with Gasteiger partial charge in [-0.15, -0.1) is 0 Å². The van der Waals surface area contributed by atoms with E-state index in [1.54, 1.807) is 26.2 Å². The molecule has 0 fully saturated rings. The summed E-state index contributed by atoms with van der Waals surface area (Å²) < 4.78 is 15.1. The fourth-order valence-corrected chi connectivity index (χ4v) is 2.89. The Kier molecular flexibility index (Phi) is 8.87. The third-order valence-corrected chi connectivity index (χ3v) is 4.65. The summed E-state index contributed by atoms with van der Waals surface area (Å²) in [4.78, 5) is 36.7. The van der Waals surface area contributed by atoms with E-state index in [4.69, 9.17) is 14.2 Å². The van der Waals surface area contributed by atoms with Crippen LogP contribution in [0.15, 0.2) is 54.6 Å². The second-order valence-electron chi connectivity index (χ2n) is 6.87. The molecule has 2 aromatic carbocycles. The van der Waals surface area contributed by atoms with Crippen molar-refractivity contribution in [2.45, 2.75) is 32.4 Å². The molecular weight excluding hydrogens is 386 g/mol. The Morgan fingerprint density at radius 3 is 2.20 bits per heavy atom. The van der Waals surface area contributed by atoms with Gasteiger partial charge in [-0.3, -0.25) is 9.59 Å². The topological polar surface area (TPSA) is 90.9 Å². The summed E-state index contributed by atoms with van der Waals surface area (Å²) >= 11 is 0. The van der Waals surface area contributed by atoms with E-state index in [1.165, 1.54) is 7.11 Å². The largest absolute Gasteiger partial charge is 0.497 e. The molecule has 0 aliphatic heterocycles. The maximum absolute atomic E-state index is 12.6. The first kappa shape index (κ1) is 22.9. The molecule has 0 bridgehead atoms. The van der Waals surface area contributed by atoms with E-state index in [2.05, 4.69) is 5.32 Å². The number of amides is 1. The molecule has 0 spiro atoms. The van der Waals surface area contributed by atoms with Gasteiger partial charge in [0.05, 0.1) is 26.2 Å². The van der Waals surface area contributed by atoms with E-state index in [9.17, 15) is 14.4 Å². The van der Waals surface area contributed by atoms with Crippen LogP contribution in [0, 0.1) is 5.92 Å². The molecule has 0 heterocycles. The van der Waals surface area contributed by atoms with Gasteiger partial charge < -0.3 is 19.5 Å². The van der Waals surface area contributed by atoms with Crippen molar-refractivity contribution in [3.63, 3.8) is 0 Å². The van der Waals surface area contributed by atoms with Gasteiger partial charge in [-0.1, -0.05) is 42.5 Å². The van der Waals surface area contributed by atoms with Crippen LogP contribution in [0.25, 0.3) is 0 Å². The zero-order chi connectivity index (χ0) is 21.9. The molecule has 0 radical (unpaired) electrons. The van der Waals surface area contributed by atoms with E-state index in [0.29, 0.717) is 12.2 Å². The van der Waals surface area contributed by atoms with Crippen LogP contribution in [-0.2, 0) is 32.1 Å². The summed E-state index contributed by atoms with van der Waals surface area (Å²) in [5.41, 5.74) is 1.72. The molecule has 2 atom stereocenters. The number of ether oxygens (including phenoxy) is 3. The average molecular weight is 413 g/mol. The molecule has 160 valence electrons. The van der Waals surface area contributed by atoms with Crippen molar-refractivity contribution in [1.82, 2.24) is 5.32 Å². The first-order valence-electron chi connectivity index (χ1n) is 9.63. The summed E-state index contributed by atoms with van der Waals surface area (Å²) in [6, 6.07) is 15.7. The van der Waals surface area contributed by atoms with Crippen LogP contribution in [-0.4, -0.2) is 38.1 Å². The van der Waals surface area contributed by atoms with E-state index >= 15 is 0 Å². The van der Waals surface area contributed by atoms with Gasteiger partial charge >= 0.3 is 12.1 Å². The van der Waals surface area contributed by atoms with Crippen LogP contribution in [0.4, 0.5) is 4.79 Å². The molecule has 0 aromatic heterocycles. The van der Waals surface area contributed by atoms with Gasteiger partial charge in [0.25, 0.3) is 0 Å². The van der Waals surface area contributed by atoms with Crippen LogP contribution in [0.3, 0.4) is 0 Å². The molecule has 7 nitrogen and oxygen atoms in total. The Morgan fingerprint density at radius 1 is 0.933 bits per heavy atom. The number of nitrogens with one attached hydrogen (secondary N) is 1. The number of hydrogen-bond acceptors (Lipinski definition) is 6. The third-order valence-electron chi connectivity index (χ3n) is 4.65. The van der Waals surface area contributed by atoms with Crippen LogP contribution in [0.2, 0.25) is 0 Å². The number of alkyl carbamates (subject to hydrolysis) is 1. The minimum Gasteiger partial charge on any atom is -0.497 e. The number of hydrogen-bond donors (Lipinski definition) is 1. The first-order chi connectivity index (χ1) is 14.4. The number of esters is 1. The molecule has 1 amide bonds. The number of benzene rings is 2. The van der Waals surface area contributed by atoms with Crippen LogP contribution >= 0.6 is 0 Å². The molecule has 1 N–H and O–H groups in total. The van der Waals surface area contributed by atoms with Crippen molar-refractivity contribution in [3.05, 3.63) is 65.7 Å². The Morgan fingerprint density at radius 2 is 1.60 bits per heavy atom. The lowest BCUT2D eigenvalue weighted by molar-refractivity contribution is -0.147. The number of methoxy groups -OCH3 is 2. The molecule has 0 saturated heterocycles. The molecule has 1 unspecified atom stereocenters. The Balaban J connectivity index is 1.89. The predicted octanol–water partition coefficient (Wildman–Crippen LogP) is 3.30. The molecule has 2 aromatic rings. The van der Waals surface area contributed by atoms with Crippen LogP contribution in [0.5, 0.6) is 5.75 Å². The lowest BCUT2D eigenvalue weighted by Crippen LogP contribution is -2.40. The summed E-state index contributed by atoms with van der Waals surface area (Å²) in [5, 5.41) is 2.51. The fraction of sp³-hybridized carbons (Fsp3) is 0.348. The Bertz CT molecular complexity index is 835. The van der Waals surface area contributed by atoms with E-state index < -0.39 is 24.0 Å². The Labute approximate surface area is 176 Å². The van der Waals surface area contributed by atoms with Crippen molar-refractivity contribution in [2.24, 2.45) is 5.92 Å². The molecular formula is C23H27NO6. The van der Waals surface area contributed by atoms with Crippen molar-refractivity contribution in [1.29, 1.82) is 0 Å². The maximum atomic E-state index is 12.6. The van der Waals surface area contributed by atoms with Gasteiger partial charge in [0.1, 0.15) is 12.4 Å². The van der Waals surface area contributed by atoms with Crippen LogP contribution in [0.1, 0.15) is 24.5 Å². The van der Waals surface area contributed by atoms with Crippen molar-refractivity contribution < 1.29 is 28.6 Å². The smallest absolute Gasteiger partial charge is 0.408 e. The van der Waals surface area contributed by atoms with E-state index in [0.717, 1.165) is 11.1 Å². The van der Waals surface area contributed by atoms with E-state index in [1.807, 2.05) is 42.5 Å². The van der Waals surface area contributed by atoms with Gasteiger partial charge in [-0.05, 0) is 36.6 Å². The zero-order valence-corrected chi connectivity index (χ0v) is 17.4. The maximum Gasteiger partial charge on any atom is 0.408 e. The number of Topliss-reactive ketones (excluding diaryl/α,β-unsaturated/α-hetero) is 1. The summed E-state index contributed by atoms with van der Waals surface area (Å²) in [5.74, 6) is -0.703. The number of carbonyl (C=O) groups is 3. The number of rotatable bonds is 10. The van der Waals surface area contributed by atoms with E-state index in [-0.39, 0.29) is 18.8 Å². The highest BCUT2D eigenvalue weighted by Gasteiger charge is 2.26. The highest BCUT2D eigenvalue weighted by Crippen LogP contribution is 2.18. The standard InChI is InChI=1S/C23H27NO6/c1-16(24-23(27)30-15-18-7-5-4-6-8-18)21(25)14-19(22(26)29-3)13-17-9-11-20(28-2)12-10-17/h4-12,16,19H,13-15H2,1-3H3,(H,24,27)/t16?,19-/m1/s1. The number of ketones is 1. The molecule has 2 rings (SSSR count). The Hall–Kier alpha value is -3.35. The summed E-state index contributed by atoms with van der Waals surface area (Å²) in [7, 11) is 2.86. The van der Waals surface area contributed by atoms with Crippen molar-refractivity contribution in [2.75, 3.05) is 14.2 Å². The van der Waals surface area contributed by atoms with Gasteiger partial charge in [0, 0.05) is 6.42 Å². The fourth-order valence-electron chi connectivity index (χ4n) is 2.89. The number of carbonyl (C=O) groups excluding carboxylic acids is 3. The quantitative estimate of drug-likeness (QED) is 0.601. The first-order valence-corrected chi connectivity index (χ1v) is 9.63. The van der Waals surface area contributed by atoms with Gasteiger partial charge in [-0.25, -0.2) is 4.79 Å². The summed E-state index contributed by atoms with van der Waals surface area (Å²) in [6.07, 6.45) is -0.406. The summed E-state index contributed by atoms with van der Waals surface area (Å²) in [6.45, 7) is 1.67. The third kappa shape index (κ3) is 7.24. The predicted molar refractivity (Wildman–Crippen MR) is 111 cm³/mol. The SMILES string of the molecule is COC(=O)[C@@H](CC(=O)C(C)NC(=O)OCc1ccccc1)Cc1ccc(OC)cc1. The lowest BCUT2D eigenvalue weighted by Gasteiger charge is -2.18. The lowest BCUT2D eigenvalue weighted by atomic mass is 9.92. The van der Waals surface area contributed by atoms with Gasteiger partial charge in [0.15, 0.2) is 5.78 Å². The second-order valence-corrected chi connectivity index (χ2v) is 6.87. The van der Waals surface area contributed by atoms with Crippen molar-refractivity contribution in [3.8, 4) is 5.75 Å². The molecule has 0 aliphatic carbocycles. The zero-order valence-electron chi connectivity index (χ0n) is 17.4. The monoisotopic (exact) mass is 413 g/mol. The molecule has 30 heavy (non-hydrogen) atoms. The average Bonchev–Trinajstić information content (AvgIpc) is 2.77. The van der Waals surface area contributed by atoms with Crippen molar-refractivity contribution >= 4 is 17.8 Å². The molecule has 0 aliphatic rings. The van der Waals surface area contributed by atoms with Gasteiger partial charge in [0.2, 0.25) is 0 Å². The highest BCUT2D eigenvalue weighted by atomic mass is 16.5. The molecule has 7 heteroatoms. The highest BCUT2D eigenvalue weighted by molar-refractivity contribution is 5.90. The van der Waals surface area contributed by atoms with Crippen LogP contribution < -0.4 is 10.1 Å². The molecule has 0 saturated carbocycles. The normalized spacial score (nSPS) is 12.4. The van der Waals surface area contributed by atoms with Gasteiger partial charge in [-0.2, -0.15) is 0 Å². The minimum absolute atomic E-state index is 0.0567. The minimum atomic E-state index is -0.795.